The molecule has 5 heteroatoms. The molecule has 1 heterocycles. The molecule has 0 fully saturated rings. The van der Waals surface area contributed by atoms with Crippen LogP contribution in [0.3, 0.4) is 0 Å². The number of hydrogen-bond donors (Lipinski definition) is 1. The fourth-order valence-electron chi connectivity index (χ4n) is 3.73. The van der Waals surface area contributed by atoms with Gasteiger partial charge < -0.3 is 14.3 Å². The first-order chi connectivity index (χ1) is 12.7. The molecule has 27 heavy (non-hydrogen) atoms. The summed E-state index contributed by atoms with van der Waals surface area (Å²) in [5.41, 5.74) is 2.73. The lowest BCUT2D eigenvalue weighted by Crippen LogP contribution is -2.37. The lowest BCUT2D eigenvalue weighted by atomic mass is 9.81. The molecule has 0 aliphatic carbocycles. The summed E-state index contributed by atoms with van der Waals surface area (Å²) in [6, 6.07) is 12.9. The lowest BCUT2D eigenvalue weighted by molar-refractivity contribution is -0.870. The van der Waals surface area contributed by atoms with Crippen LogP contribution in [0.4, 0.5) is 4.39 Å². The first-order valence-corrected chi connectivity index (χ1v) is 9.17. The van der Waals surface area contributed by atoms with Gasteiger partial charge in [0.05, 0.1) is 34.3 Å². The van der Waals surface area contributed by atoms with Gasteiger partial charge >= 0.3 is 6.07 Å². The summed E-state index contributed by atoms with van der Waals surface area (Å²) in [6.45, 7) is 1.43. The molecule has 3 rings (SSSR count). The van der Waals surface area contributed by atoms with Gasteiger partial charge in [-0.15, -0.1) is 0 Å². The van der Waals surface area contributed by atoms with Crippen LogP contribution in [0.5, 0.6) is 5.75 Å². The SMILES string of the molecule is C[N+]#Cc1cc2c(cc1O)C(CCC[N+](C)(C)C)(c1ccc(F)cc1)OC2. The third-order valence-electron chi connectivity index (χ3n) is 5.03. The number of aromatic hydroxyl groups is 1. The van der Waals surface area contributed by atoms with Crippen LogP contribution in [0.15, 0.2) is 36.4 Å². The smallest absolute Gasteiger partial charge is 0.314 e. The van der Waals surface area contributed by atoms with Crippen molar-refractivity contribution in [1.82, 2.24) is 0 Å². The van der Waals surface area contributed by atoms with Crippen LogP contribution in [-0.2, 0) is 16.9 Å². The van der Waals surface area contributed by atoms with Crippen LogP contribution in [0.1, 0.15) is 35.1 Å². The maximum absolute atomic E-state index is 13.5. The van der Waals surface area contributed by atoms with Gasteiger partial charge in [-0.2, -0.15) is 0 Å². The number of benzene rings is 2. The van der Waals surface area contributed by atoms with Crippen LogP contribution in [0.25, 0.3) is 4.85 Å². The Morgan fingerprint density at radius 3 is 2.56 bits per heavy atom. The zero-order valence-corrected chi connectivity index (χ0v) is 16.4. The van der Waals surface area contributed by atoms with E-state index in [1.165, 1.54) is 12.1 Å². The Bertz CT molecular complexity index is 891. The zero-order chi connectivity index (χ0) is 19.7. The van der Waals surface area contributed by atoms with Crippen molar-refractivity contribution in [1.29, 1.82) is 0 Å². The second-order valence-corrected chi connectivity index (χ2v) is 8.10. The van der Waals surface area contributed by atoms with Gasteiger partial charge in [-0.25, -0.2) is 4.39 Å². The second kappa shape index (κ2) is 7.30. The summed E-state index contributed by atoms with van der Waals surface area (Å²) >= 11 is 0. The zero-order valence-electron chi connectivity index (χ0n) is 16.4. The van der Waals surface area contributed by atoms with Crippen LogP contribution >= 0.6 is 0 Å². The molecule has 0 radical (unpaired) electrons. The van der Waals surface area contributed by atoms with E-state index in [-0.39, 0.29) is 11.6 Å². The van der Waals surface area contributed by atoms with E-state index in [0.29, 0.717) is 12.2 Å². The number of phenolic OH excluding ortho intramolecular Hbond substituents is 1. The average Bonchev–Trinajstić information content (AvgIpc) is 2.94. The van der Waals surface area contributed by atoms with Crippen LogP contribution in [0.2, 0.25) is 0 Å². The summed E-state index contributed by atoms with van der Waals surface area (Å²) < 4.78 is 20.7. The number of rotatable bonds is 5. The van der Waals surface area contributed by atoms with Crippen molar-refractivity contribution < 1.29 is 18.7 Å². The van der Waals surface area contributed by atoms with Crippen molar-refractivity contribution in [3.8, 4) is 11.8 Å². The second-order valence-electron chi connectivity index (χ2n) is 8.10. The van der Waals surface area contributed by atoms with E-state index in [2.05, 4.69) is 32.1 Å². The van der Waals surface area contributed by atoms with Crippen molar-refractivity contribution in [2.75, 3.05) is 34.7 Å². The normalized spacial score (nSPS) is 18.7. The fourth-order valence-corrected chi connectivity index (χ4v) is 3.73. The van der Waals surface area contributed by atoms with Crippen molar-refractivity contribution >= 4 is 0 Å². The molecule has 1 aliphatic rings. The van der Waals surface area contributed by atoms with Crippen LogP contribution in [0, 0.1) is 11.9 Å². The number of quaternary nitrogens is 1. The first-order valence-electron chi connectivity index (χ1n) is 9.17. The Hall–Kier alpha value is -2.42. The molecule has 1 N–H and O–H groups in total. The Morgan fingerprint density at radius 2 is 1.93 bits per heavy atom. The van der Waals surface area contributed by atoms with E-state index in [0.717, 1.165) is 40.6 Å². The molecule has 1 atom stereocenters. The standard InChI is InChI=1S/C22H26FN2O2/c1-24-14-16-12-17-15-27-22(20(17)13-21(16)26,10-5-11-25(2,3)4)18-6-8-19(23)9-7-18/h6-9,12-13H,5,10-11,15H2,1-4H3/q+1/p+1. The highest BCUT2D eigenvalue weighted by molar-refractivity contribution is 5.54. The molecule has 2 aromatic carbocycles. The molecule has 0 saturated carbocycles. The fraction of sp³-hybridized carbons (Fsp3) is 0.409. The highest BCUT2D eigenvalue weighted by atomic mass is 19.1. The minimum Gasteiger partial charge on any atom is -0.506 e. The Labute approximate surface area is 160 Å². The van der Waals surface area contributed by atoms with Crippen molar-refractivity contribution in [2.24, 2.45) is 0 Å². The molecule has 1 aliphatic heterocycles. The van der Waals surface area contributed by atoms with Gasteiger partial charge in [0.2, 0.25) is 0 Å². The molecule has 0 bridgehead atoms. The van der Waals surface area contributed by atoms with E-state index in [9.17, 15) is 9.50 Å². The van der Waals surface area contributed by atoms with E-state index >= 15 is 0 Å². The molecule has 142 valence electrons. The van der Waals surface area contributed by atoms with Gasteiger partial charge in [0.1, 0.15) is 22.7 Å². The number of halogens is 1. The number of hydrogen-bond acceptors (Lipinski definition) is 2. The summed E-state index contributed by atoms with van der Waals surface area (Å²) in [5, 5.41) is 10.4. The van der Waals surface area contributed by atoms with Crippen molar-refractivity contribution in [2.45, 2.75) is 25.0 Å². The van der Waals surface area contributed by atoms with E-state index in [4.69, 9.17) is 4.74 Å². The third-order valence-corrected chi connectivity index (χ3v) is 5.03. The molecule has 4 nitrogen and oxygen atoms in total. The minimum atomic E-state index is -0.683. The summed E-state index contributed by atoms with van der Waals surface area (Å²) in [4.78, 5) is 3.88. The summed E-state index contributed by atoms with van der Waals surface area (Å²) in [6.07, 6.45) is 1.69. The quantitative estimate of drug-likeness (QED) is 0.804. The minimum absolute atomic E-state index is 0.128. The maximum Gasteiger partial charge on any atom is 0.314 e. The predicted molar refractivity (Wildman–Crippen MR) is 104 cm³/mol. The highest BCUT2D eigenvalue weighted by Crippen LogP contribution is 2.47. The van der Waals surface area contributed by atoms with Crippen molar-refractivity contribution in [3.63, 3.8) is 0 Å². The maximum atomic E-state index is 13.5. The van der Waals surface area contributed by atoms with Gasteiger partial charge in [-0.05, 0) is 53.8 Å². The van der Waals surface area contributed by atoms with Crippen LogP contribution in [-0.4, -0.2) is 44.3 Å². The van der Waals surface area contributed by atoms with Gasteiger partial charge in [-0.1, -0.05) is 17.0 Å². The largest absolute Gasteiger partial charge is 0.506 e. The predicted octanol–water partition coefficient (Wildman–Crippen LogP) is 4.10. The molecule has 0 amide bonds. The monoisotopic (exact) mass is 370 g/mol. The molecule has 0 spiro atoms. The highest BCUT2D eigenvalue weighted by Gasteiger charge is 2.42. The van der Waals surface area contributed by atoms with Gasteiger partial charge in [0.25, 0.3) is 7.05 Å². The number of fused-ring (bicyclic) bond motifs is 1. The molecular formula is C22H27FN2O2+2. The first kappa shape index (κ1) is 19.3. The number of nitrogens with zero attached hydrogens (tertiary/aromatic N) is 2. The Morgan fingerprint density at radius 1 is 1.22 bits per heavy atom. The lowest BCUT2D eigenvalue weighted by Gasteiger charge is -2.32. The Kier molecular flexibility index (Phi) is 5.23. The Balaban J connectivity index is 2.06. The molecule has 0 aromatic heterocycles. The van der Waals surface area contributed by atoms with Crippen LogP contribution < -0.4 is 0 Å². The van der Waals surface area contributed by atoms with E-state index in [1.807, 2.05) is 6.07 Å². The summed E-state index contributed by atoms with van der Waals surface area (Å²) in [5.74, 6) is -0.145. The van der Waals surface area contributed by atoms with Crippen molar-refractivity contribution in [3.05, 3.63) is 69.3 Å². The summed E-state index contributed by atoms with van der Waals surface area (Å²) in [7, 11) is 8.10. The molecule has 2 aromatic rings. The van der Waals surface area contributed by atoms with Gasteiger partial charge in [-0.3, -0.25) is 0 Å². The molecule has 0 saturated heterocycles. The topological polar surface area (TPSA) is 33.8 Å². The molecule has 1 unspecified atom stereocenters. The van der Waals surface area contributed by atoms with E-state index in [1.54, 1.807) is 25.2 Å². The average molecular weight is 370 g/mol. The van der Waals surface area contributed by atoms with E-state index < -0.39 is 5.60 Å². The van der Waals surface area contributed by atoms with Gasteiger partial charge in [0.15, 0.2) is 0 Å². The van der Waals surface area contributed by atoms with Gasteiger partial charge in [0, 0.05) is 0 Å². The number of ether oxygens (including phenoxy) is 1. The molecular weight excluding hydrogens is 343 g/mol. The number of phenols is 1. The third kappa shape index (κ3) is 3.97.